The van der Waals surface area contributed by atoms with E-state index in [9.17, 15) is 4.39 Å². The van der Waals surface area contributed by atoms with Crippen LogP contribution in [0.15, 0.2) is 46.9 Å². The lowest BCUT2D eigenvalue weighted by molar-refractivity contribution is 0.623. The summed E-state index contributed by atoms with van der Waals surface area (Å²) >= 11 is 9.10. The lowest BCUT2D eigenvalue weighted by Gasteiger charge is -2.07. The van der Waals surface area contributed by atoms with Gasteiger partial charge >= 0.3 is 0 Å². The van der Waals surface area contributed by atoms with Crippen molar-refractivity contribution < 1.29 is 4.39 Å². The van der Waals surface area contributed by atoms with Gasteiger partial charge in [0, 0.05) is 23.4 Å². The van der Waals surface area contributed by atoms with Gasteiger partial charge in [-0.3, -0.25) is 0 Å². The summed E-state index contributed by atoms with van der Waals surface area (Å²) in [6, 6.07) is 12.9. The zero-order valence-corrected chi connectivity index (χ0v) is 12.6. The highest BCUT2D eigenvalue weighted by molar-refractivity contribution is 9.10. The van der Waals surface area contributed by atoms with Gasteiger partial charge in [0.05, 0.1) is 0 Å². The maximum atomic E-state index is 12.9. The first-order valence-electron chi connectivity index (χ1n) is 5.97. The van der Waals surface area contributed by atoms with Gasteiger partial charge in [0.15, 0.2) is 0 Å². The summed E-state index contributed by atoms with van der Waals surface area (Å²) in [5, 5.41) is 3.33. The summed E-state index contributed by atoms with van der Waals surface area (Å²) in [7, 11) is 0. The van der Waals surface area contributed by atoms with Gasteiger partial charge in [-0.15, -0.1) is 11.6 Å². The summed E-state index contributed by atoms with van der Waals surface area (Å²) in [4.78, 5) is 0. The summed E-state index contributed by atoms with van der Waals surface area (Å²) in [5.41, 5.74) is 3.36. The van der Waals surface area contributed by atoms with E-state index < -0.39 is 0 Å². The third-order valence-electron chi connectivity index (χ3n) is 2.84. The van der Waals surface area contributed by atoms with Gasteiger partial charge in [-0.1, -0.05) is 46.3 Å². The molecular weight excluding hydrogens is 329 g/mol. The Balaban J connectivity index is 1.88. The minimum Gasteiger partial charge on any atom is -0.309 e. The third-order valence-corrected chi connectivity index (χ3v) is 3.88. The second-order valence-corrected chi connectivity index (χ2v) is 5.41. The van der Waals surface area contributed by atoms with Crippen molar-refractivity contribution in [1.29, 1.82) is 0 Å². The largest absolute Gasteiger partial charge is 0.309 e. The van der Waals surface area contributed by atoms with Crippen molar-refractivity contribution in [3.05, 3.63) is 69.4 Å². The molecule has 0 saturated carbocycles. The molecule has 0 aromatic heterocycles. The van der Waals surface area contributed by atoms with Crippen molar-refractivity contribution in [2.75, 3.05) is 0 Å². The molecule has 0 saturated heterocycles. The van der Waals surface area contributed by atoms with E-state index in [1.54, 1.807) is 6.07 Å². The van der Waals surface area contributed by atoms with Crippen molar-refractivity contribution >= 4 is 27.5 Å². The Morgan fingerprint density at radius 2 is 1.68 bits per heavy atom. The van der Waals surface area contributed by atoms with E-state index in [0.717, 1.165) is 22.1 Å². The number of halogens is 3. The van der Waals surface area contributed by atoms with E-state index >= 15 is 0 Å². The average Bonchev–Trinajstić information content (AvgIpc) is 2.42. The van der Waals surface area contributed by atoms with Crippen molar-refractivity contribution in [2.24, 2.45) is 0 Å². The van der Waals surface area contributed by atoms with Crippen molar-refractivity contribution in [3.8, 4) is 0 Å². The van der Waals surface area contributed by atoms with Gasteiger partial charge in [0.1, 0.15) is 5.82 Å². The maximum absolute atomic E-state index is 12.9. The monoisotopic (exact) mass is 341 g/mol. The Hall–Kier alpha value is -0.900. The molecule has 2 aromatic carbocycles. The van der Waals surface area contributed by atoms with Gasteiger partial charge in [0.2, 0.25) is 0 Å². The van der Waals surface area contributed by atoms with Crippen LogP contribution in [-0.2, 0) is 19.0 Å². The number of hydrogen-bond donors (Lipinski definition) is 1. The van der Waals surface area contributed by atoms with Crippen LogP contribution in [0.25, 0.3) is 0 Å². The summed E-state index contributed by atoms with van der Waals surface area (Å²) in [6.45, 7) is 1.46. The molecular formula is C15H14BrClFN. The first-order chi connectivity index (χ1) is 9.19. The molecule has 0 fully saturated rings. The molecule has 4 heteroatoms. The molecule has 0 aliphatic rings. The fourth-order valence-corrected chi connectivity index (χ4v) is 2.42. The maximum Gasteiger partial charge on any atom is 0.124 e. The van der Waals surface area contributed by atoms with Crippen molar-refractivity contribution in [1.82, 2.24) is 5.32 Å². The molecule has 2 aromatic rings. The molecule has 0 amide bonds. The molecule has 0 spiro atoms. The lowest BCUT2D eigenvalue weighted by atomic mass is 10.1. The normalized spacial score (nSPS) is 10.7. The van der Waals surface area contributed by atoms with Crippen LogP contribution < -0.4 is 5.32 Å². The van der Waals surface area contributed by atoms with E-state index in [0.29, 0.717) is 12.4 Å². The zero-order valence-electron chi connectivity index (χ0n) is 10.3. The average molecular weight is 343 g/mol. The number of hydrogen-bond acceptors (Lipinski definition) is 1. The second-order valence-electron chi connectivity index (χ2n) is 4.29. The highest BCUT2D eigenvalue weighted by atomic mass is 79.9. The number of alkyl halides is 1. The van der Waals surface area contributed by atoms with E-state index in [1.165, 1.54) is 17.7 Å². The predicted molar refractivity (Wildman–Crippen MR) is 80.6 cm³/mol. The van der Waals surface area contributed by atoms with Crippen LogP contribution in [0.3, 0.4) is 0 Å². The first-order valence-corrected chi connectivity index (χ1v) is 7.30. The second kappa shape index (κ2) is 7.04. The number of benzene rings is 2. The Bertz CT molecular complexity index is 542. The minimum absolute atomic E-state index is 0.229. The number of nitrogens with one attached hydrogen (secondary N) is 1. The molecule has 2 rings (SSSR count). The summed E-state index contributed by atoms with van der Waals surface area (Å²) in [5.74, 6) is 0.309. The molecule has 100 valence electrons. The number of rotatable bonds is 5. The van der Waals surface area contributed by atoms with Crippen molar-refractivity contribution in [2.45, 2.75) is 19.0 Å². The molecule has 0 aliphatic carbocycles. The van der Waals surface area contributed by atoms with Gasteiger partial charge in [-0.2, -0.15) is 0 Å². The molecule has 0 bridgehead atoms. The Kier molecular flexibility index (Phi) is 5.37. The molecule has 0 radical (unpaired) electrons. The highest BCUT2D eigenvalue weighted by Crippen LogP contribution is 2.18. The Labute approximate surface area is 125 Å². The van der Waals surface area contributed by atoms with Crippen LogP contribution >= 0.6 is 27.5 Å². The van der Waals surface area contributed by atoms with Crippen LogP contribution in [-0.4, -0.2) is 0 Å². The van der Waals surface area contributed by atoms with Crippen LogP contribution in [0.4, 0.5) is 4.39 Å². The van der Waals surface area contributed by atoms with Gasteiger partial charge in [-0.25, -0.2) is 4.39 Å². The SMILES string of the molecule is Fc1ccc(CNCc2ccc(CCl)cc2)c(Br)c1. The zero-order chi connectivity index (χ0) is 13.7. The van der Waals surface area contributed by atoms with Gasteiger partial charge in [-0.05, 0) is 28.8 Å². The van der Waals surface area contributed by atoms with E-state index in [2.05, 4.69) is 33.4 Å². The first kappa shape index (κ1) is 14.5. The van der Waals surface area contributed by atoms with E-state index in [-0.39, 0.29) is 5.82 Å². The van der Waals surface area contributed by atoms with Crippen molar-refractivity contribution in [3.63, 3.8) is 0 Å². The fourth-order valence-electron chi connectivity index (χ4n) is 1.75. The topological polar surface area (TPSA) is 12.0 Å². The van der Waals surface area contributed by atoms with E-state index in [4.69, 9.17) is 11.6 Å². The molecule has 0 unspecified atom stereocenters. The summed E-state index contributed by atoms with van der Waals surface area (Å²) in [6.07, 6.45) is 0. The lowest BCUT2D eigenvalue weighted by Crippen LogP contribution is -2.13. The van der Waals surface area contributed by atoms with Crippen LogP contribution in [0.1, 0.15) is 16.7 Å². The molecule has 19 heavy (non-hydrogen) atoms. The molecule has 1 N–H and O–H groups in total. The van der Waals surface area contributed by atoms with Crippen LogP contribution in [0.5, 0.6) is 0 Å². The van der Waals surface area contributed by atoms with Gasteiger partial charge < -0.3 is 5.32 Å². The smallest absolute Gasteiger partial charge is 0.124 e. The quantitative estimate of drug-likeness (QED) is 0.782. The minimum atomic E-state index is -0.229. The highest BCUT2D eigenvalue weighted by Gasteiger charge is 2.01. The standard InChI is InChI=1S/C15H14BrClFN/c16-15-7-14(18)6-5-13(15)10-19-9-12-3-1-11(8-17)2-4-12/h1-7,19H,8-10H2. The fraction of sp³-hybridized carbons (Fsp3) is 0.200. The molecule has 1 nitrogen and oxygen atoms in total. The Morgan fingerprint density at radius 3 is 2.32 bits per heavy atom. The van der Waals surface area contributed by atoms with Crippen LogP contribution in [0.2, 0.25) is 0 Å². The molecule has 0 heterocycles. The van der Waals surface area contributed by atoms with Crippen LogP contribution in [0, 0.1) is 5.82 Å². The Morgan fingerprint density at radius 1 is 1.00 bits per heavy atom. The predicted octanol–water partition coefficient (Wildman–Crippen LogP) is 4.62. The van der Waals surface area contributed by atoms with E-state index in [1.807, 2.05) is 12.1 Å². The third kappa shape index (κ3) is 4.30. The van der Waals surface area contributed by atoms with Gasteiger partial charge in [0.25, 0.3) is 0 Å². The molecule has 0 atom stereocenters. The summed E-state index contributed by atoms with van der Waals surface area (Å²) < 4.78 is 13.7. The molecule has 0 aliphatic heterocycles.